The van der Waals surface area contributed by atoms with E-state index in [9.17, 15) is 0 Å². The van der Waals surface area contributed by atoms with Crippen molar-refractivity contribution in [2.24, 2.45) is 5.92 Å². The second-order valence-corrected chi connectivity index (χ2v) is 4.31. The van der Waals surface area contributed by atoms with E-state index in [-0.39, 0.29) is 0 Å². The lowest BCUT2D eigenvalue weighted by Crippen LogP contribution is -2.06. The maximum absolute atomic E-state index is 8.51. The number of hydrogen-bond acceptors (Lipinski definition) is 3. The summed E-state index contributed by atoms with van der Waals surface area (Å²) in [6, 6.07) is 7.64. The summed E-state index contributed by atoms with van der Waals surface area (Å²) < 4.78 is 11.2. The molecule has 0 spiro atoms. The van der Waals surface area contributed by atoms with Gasteiger partial charge in [0.05, 0.1) is 19.3 Å². The van der Waals surface area contributed by atoms with E-state index >= 15 is 0 Å². The molecule has 96 valence electrons. The monoisotopic (exact) mass is 245 g/mol. The van der Waals surface area contributed by atoms with Crippen LogP contribution in [0.5, 0.6) is 11.5 Å². The van der Waals surface area contributed by atoms with Gasteiger partial charge in [-0.2, -0.15) is 5.26 Å². The Balaban J connectivity index is 2.89. The van der Waals surface area contributed by atoms with Gasteiger partial charge in [0, 0.05) is 6.08 Å². The number of benzene rings is 1. The molecule has 0 saturated carbocycles. The second-order valence-electron chi connectivity index (χ2n) is 4.31. The first kappa shape index (κ1) is 14.1. The zero-order chi connectivity index (χ0) is 13.4. The van der Waals surface area contributed by atoms with Crippen molar-refractivity contribution in [3.05, 3.63) is 29.8 Å². The highest BCUT2D eigenvalue weighted by Crippen LogP contribution is 2.29. The lowest BCUT2D eigenvalue weighted by molar-refractivity contribution is 0.248. The second kappa shape index (κ2) is 7.39. The highest BCUT2D eigenvalue weighted by molar-refractivity contribution is 5.57. The summed E-state index contributed by atoms with van der Waals surface area (Å²) in [5.41, 5.74) is 0.928. The molecule has 1 aromatic rings. The summed E-state index contributed by atoms with van der Waals surface area (Å²) in [5.74, 6) is 1.94. The summed E-state index contributed by atoms with van der Waals surface area (Å²) >= 11 is 0. The molecule has 0 unspecified atom stereocenters. The first-order chi connectivity index (χ1) is 8.67. The Morgan fingerprint density at radius 2 is 2.06 bits per heavy atom. The lowest BCUT2D eigenvalue weighted by atomic mass is 10.2. The summed E-state index contributed by atoms with van der Waals surface area (Å²) in [5, 5.41) is 8.51. The van der Waals surface area contributed by atoms with Gasteiger partial charge in [0.1, 0.15) is 0 Å². The van der Waals surface area contributed by atoms with Crippen LogP contribution in [0.1, 0.15) is 26.3 Å². The first-order valence-corrected chi connectivity index (χ1v) is 6.13. The van der Waals surface area contributed by atoms with Crippen LogP contribution < -0.4 is 9.47 Å². The third-order valence-corrected chi connectivity index (χ3v) is 2.19. The van der Waals surface area contributed by atoms with Crippen molar-refractivity contribution < 1.29 is 9.47 Å². The molecule has 1 aromatic carbocycles. The van der Waals surface area contributed by atoms with Crippen molar-refractivity contribution in [1.82, 2.24) is 0 Å². The lowest BCUT2D eigenvalue weighted by Gasteiger charge is -2.13. The van der Waals surface area contributed by atoms with Gasteiger partial charge < -0.3 is 9.47 Å². The van der Waals surface area contributed by atoms with Gasteiger partial charge in [0.25, 0.3) is 0 Å². The van der Waals surface area contributed by atoms with Crippen LogP contribution in [-0.2, 0) is 0 Å². The zero-order valence-corrected chi connectivity index (χ0v) is 11.1. The molecule has 1 rings (SSSR count). The molecule has 0 aliphatic heterocycles. The molecule has 0 radical (unpaired) electrons. The van der Waals surface area contributed by atoms with E-state index < -0.39 is 0 Å². The molecular weight excluding hydrogens is 226 g/mol. The van der Waals surface area contributed by atoms with Crippen LogP contribution in [0, 0.1) is 17.2 Å². The van der Waals surface area contributed by atoms with Crippen LogP contribution in [-0.4, -0.2) is 13.2 Å². The maximum Gasteiger partial charge on any atom is 0.161 e. The van der Waals surface area contributed by atoms with Crippen LogP contribution in [0.25, 0.3) is 6.08 Å². The Hall–Kier alpha value is -1.95. The molecule has 3 nitrogen and oxygen atoms in total. The van der Waals surface area contributed by atoms with Gasteiger partial charge in [0.2, 0.25) is 0 Å². The minimum Gasteiger partial charge on any atom is -0.490 e. The van der Waals surface area contributed by atoms with E-state index in [1.54, 1.807) is 6.08 Å². The molecule has 18 heavy (non-hydrogen) atoms. The first-order valence-electron chi connectivity index (χ1n) is 6.13. The van der Waals surface area contributed by atoms with Crippen molar-refractivity contribution in [2.45, 2.75) is 20.8 Å². The molecular formula is C15H19NO2. The highest BCUT2D eigenvalue weighted by Gasteiger charge is 2.06. The largest absolute Gasteiger partial charge is 0.490 e. The summed E-state index contributed by atoms with van der Waals surface area (Å²) in [7, 11) is 0. The Bertz CT molecular complexity index is 444. The van der Waals surface area contributed by atoms with E-state index in [4.69, 9.17) is 14.7 Å². The van der Waals surface area contributed by atoms with Gasteiger partial charge in [-0.1, -0.05) is 19.9 Å². The summed E-state index contributed by atoms with van der Waals surface area (Å²) in [4.78, 5) is 0. The highest BCUT2D eigenvalue weighted by atomic mass is 16.5. The number of nitrogens with zero attached hydrogens (tertiary/aromatic N) is 1. The SMILES string of the molecule is CCOc1cc(/C=C/C#N)ccc1OCC(C)C. The Morgan fingerprint density at radius 3 is 2.67 bits per heavy atom. The van der Waals surface area contributed by atoms with E-state index in [0.717, 1.165) is 17.1 Å². The fraction of sp³-hybridized carbons (Fsp3) is 0.400. The van der Waals surface area contributed by atoms with Crippen molar-refractivity contribution >= 4 is 6.08 Å². The smallest absolute Gasteiger partial charge is 0.161 e. The summed E-state index contributed by atoms with van der Waals surface area (Å²) in [6.07, 6.45) is 3.19. The predicted octanol–water partition coefficient (Wildman–Crippen LogP) is 3.66. The summed E-state index contributed by atoms with van der Waals surface area (Å²) in [6.45, 7) is 7.38. The Labute approximate surface area is 109 Å². The fourth-order valence-electron chi connectivity index (χ4n) is 1.41. The Kier molecular flexibility index (Phi) is 5.79. The molecule has 0 N–H and O–H groups in total. The standard InChI is InChI=1S/C15H19NO2/c1-4-17-15-10-13(6-5-9-16)7-8-14(15)18-11-12(2)3/h5-8,10,12H,4,11H2,1-3H3/b6-5+. The van der Waals surface area contributed by atoms with E-state index in [2.05, 4.69) is 13.8 Å². The topological polar surface area (TPSA) is 42.2 Å². The molecule has 0 aliphatic carbocycles. The molecule has 0 bridgehead atoms. The molecule has 0 aliphatic rings. The van der Waals surface area contributed by atoms with Gasteiger partial charge >= 0.3 is 0 Å². The number of allylic oxidation sites excluding steroid dienone is 1. The van der Waals surface area contributed by atoms with Crippen LogP contribution in [0.4, 0.5) is 0 Å². The number of nitriles is 1. The van der Waals surface area contributed by atoms with E-state index in [0.29, 0.717) is 19.1 Å². The van der Waals surface area contributed by atoms with E-state index in [1.165, 1.54) is 6.08 Å². The van der Waals surface area contributed by atoms with Crippen molar-refractivity contribution in [3.8, 4) is 17.6 Å². The molecule has 0 aromatic heterocycles. The normalized spacial score (nSPS) is 10.6. The van der Waals surface area contributed by atoms with Gasteiger partial charge in [-0.25, -0.2) is 0 Å². The van der Waals surface area contributed by atoms with Crippen LogP contribution in [0.2, 0.25) is 0 Å². The quantitative estimate of drug-likeness (QED) is 0.718. The zero-order valence-electron chi connectivity index (χ0n) is 11.1. The van der Waals surface area contributed by atoms with Crippen LogP contribution in [0.15, 0.2) is 24.3 Å². The number of rotatable bonds is 6. The molecule has 0 fully saturated rings. The average Bonchev–Trinajstić information content (AvgIpc) is 2.35. The molecule has 0 saturated heterocycles. The van der Waals surface area contributed by atoms with Gasteiger partial charge in [-0.15, -0.1) is 0 Å². The van der Waals surface area contributed by atoms with Crippen molar-refractivity contribution in [3.63, 3.8) is 0 Å². The Morgan fingerprint density at radius 1 is 1.28 bits per heavy atom. The number of ether oxygens (including phenoxy) is 2. The minimum absolute atomic E-state index is 0.470. The molecule has 3 heteroatoms. The van der Waals surface area contributed by atoms with Crippen LogP contribution in [0.3, 0.4) is 0 Å². The van der Waals surface area contributed by atoms with Crippen LogP contribution >= 0.6 is 0 Å². The maximum atomic E-state index is 8.51. The molecule has 0 heterocycles. The van der Waals surface area contributed by atoms with Gasteiger partial charge in [-0.3, -0.25) is 0 Å². The van der Waals surface area contributed by atoms with Gasteiger partial charge in [0.15, 0.2) is 11.5 Å². The van der Waals surface area contributed by atoms with Crippen molar-refractivity contribution in [1.29, 1.82) is 5.26 Å². The third kappa shape index (κ3) is 4.50. The predicted molar refractivity (Wildman–Crippen MR) is 72.6 cm³/mol. The molecule has 0 atom stereocenters. The minimum atomic E-state index is 0.470. The molecule has 0 amide bonds. The number of hydrogen-bond donors (Lipinski definition) is 0. The fourth-order valence-corrected chi connectivity index (χ4v) is 1.41. The van der Waals surface area contributed by atoms with E-state index in [1.807, 2.05) is 31.2 Å². The van der Waals surface area contributed by atoms with Gasteiger partial charge in [-0.05, 0) is 36.6 Å². The third-order valence-electron chi connectivity index (χ3n) is 2.19. The average molecular weight is 245 g/mol. The van der Waals surface area contributed by atoms with Crippen molar-refractivity contribution in [2.75, 3.05) is 13.2 Å².